The maximum absolute atomic E-state index is 12.7. The molecule has 0 heterocycles. The van der Waals surface area contributed by atoms with Crippen molar-refractivity contribution in [3.05, 3.63) is 0 Å². The van der Waals surface area contributed by atoms with Gasteiger partial charge in [-0.2, -0.15) is 0 Å². The first kappa shape index (κ1) is 11.4. The Morgan fingerprint density at radius 3 is 2.50 bits per heavy atom. The van der Waals surface area contributed by atoms with Crippen molar-refractivity contribution in [2.75, 3.05) is 6.61 Å². The Hall–Kier alpha value is -0.640. The molecular weight excluding hydrogens is 163 g/mol. The number of rotatable bonds is 5. The first-order chi connectivity index (χ1) is 5.61. The predicted molar refractivity (Wildman–Crippen MR) is 42.4 cm³/mol. The SMILES string of the molecule is CCOC(=O)C(F)OC(C)CC. The highest BCUT2D eigenvalue weighted by atomic mass is 19.1. The van der Waals surface area contributed by atoms with E-state index in [0.29, 0.717) is 6.42 Å². The summed E-state index contributed by atoms with van der Waals surface area (Å²) in [6, 6.07) is 0. The van der Waals surface area contributed by atoms with E-state index in [2.05, 4.69) is 9.47 Å². The fourth-order valence-electron chi connectivity index (χ4n) is 0.564. The highest BCUT2D eigenvalue weighted by Crippen LogP contribution is 2.04. The van der Waals surface area contributed by atoms with Gasteiger partial charge in [-0.15, -0.1) is 0 Å². The van der Waals surface area contributed by atoms with Gasteiger partial charge in [0.25, 0.3) is 6.36 Å². The summed E-state index contributed by atoms with van der Waals surface area (Å²) in [5.74, 6) is -0.946. The van der Waals surface area contributed by atoms with E-state index in [1.54, 1.807) is 13.8 Å². The van der Waals surface area contributed by atoms with Crippen molar-refractivity contribution in [1.82, 2.24) is 0 Å². The average Bonchev–Trinajstić information content (AvgIpc) is 2.04. The van der Waals surface area contributed by atoms with Crippen LogP contribution >= 0.6 is 0 Å². The molecule has 0 aliphatic carbocycles. The molecule has 0 aromatic rings. The third-order valence-electron chi connectivity index (χ3n) is 1.40. The summed E-state index contributed by atoms with van der Waals surface area (Å²) in [7, 11) is 0. The van der Waals surface area contributed by atoms with Crippen LogP contribution in [-0.2, 0) is 14.3 Å². The first-order valence-corrected chi connectivity index (χ1v) is 4.08. The Labute approximate surface area is 71.8 Å². The lowest BCUT2D eigenvalue weighted by atomic mass is 10.3. The van der Waals surface area contributed by atoms with Crippen molar-refractivity contribution in [1.29, 1.82) is 0 Å². The molecule has 0 fully saturated rings. The minimum absolute atomic E-state index is 0.170. The molecular formula is C8H15FO3. The third-order valence-corrected chi connectivity index (χ3v) is 1.40. The Morgan fingerprint density at radius 1 is 1.50 bits per heavy atom. The molecule has 0 amide bonds. The fraction of sp³-hybridized carbons (Fsp3) is 0.875. The van der Waals surface area contributed by atoms with Crippen LogP contribution in [-0.4, -0.2) is 25.0 Å². The van der Waals surface area contributed by atoms with Gasteiger partial charge in [0.15, 0.2) is 0 Å². The number of alkyl halides is 1. The molecule has 2 unspecified atom stereocenters. The van der Waals surface area contributed by atoms with Crippen molar-refractivity contribution in [3.8, 4) is 0 Å². The molecule has 0 radical (unpaired) electrons. The van der Waals surface area contributed by atoms with E-state index in [4.69, 9.17) is 0 Å². The number of hydrogen-bond acceptors (Lipinski definition) is 3. The van der Waals surface area contributed by atoms with Gasteiger partial charge in [0.2, 0.25) is 0 Å². The quantitative estimate of drug-likeness (QED) is 0.600. The second-order valence-electron chi connectivity index (χ2n) is 2.42. The number of ether oxygens (including phenoxy) is 2. The van der Waals surface area contributed by atoms with Gasteiger partial charge in [-0.25, -0.2) is 9.18 Å². The van der Waals surface area contributed by atoms with Crippen LogP contribution in [0.25, 0.3) is 0 Å². The zero-order valence-electron chi connectivity index (χ0n) is 7.67. The summed E-state index contributed by atoms with van der Waals surface area (Å²) in [4.78, 5) is 10.7. The van der Waals surface area contributed by atoms with Crippen molar-refractivity contribution < 1.29 is 18.7 Å². The summed E-state index contributed by atoms with van der Waals surface area (Å²) in [5.41, 5.74) is 0. The number of hydrogen-bond donors (Lipinski definition) is 0. The largest absolute Gasteiger partial charge is 0.462 e. The Morgan fingerprint density at radius 2 is 2.08 bits per heavy atom. The number of halogens is 1. The Bertz CT molecular complexity index is 138. The molecule has 0 N–H and O–H groups in total. The van der Waals surface area contributed by atoms with Gasteiger partial charge in [0.05, 0.1) is 12.7 Å². The molecule has 3 nitrogen and oxygen atoms in total. The number of esters is 1. The second-order valence-corrected chi connectivity index (χ2v) is 2.42. The van der Waals surface area contributed by atoms with Gasteiger partial charge < -0.3 is 9.47 Å². The van der Waals surface area contributed by atoms with Gasteiger partial charge in [0, 0.05) is 0 Å². The highest BCUT2D eigenvalue weighted by molar-refractivity contribution is 5.72. The highest BCUT2D eigenvalue weighted by Gasteiger charge is 2.20. The Kier molecular flexibility index (Phi) is 5.62. The molecule has 0 rings (SSSR count). The molecule has 0 saturated carbocycles. The first-order valence-electron chi connectivity index (χ1n) is 4.08. The van der Waals surface area contributed by atoms with E-state index >= 15 is 0 Å². The van der Waals surface area contributed by atoms with Crippen LogP contribution in [0.3, 0.4) is 0 Å². The smallest absolute Gasteiger partial charge is 0.368 e. The molecule has 4 heteroatoms. The predicted octanol–water partition coefficient (Wildman–Crippen LogP) is 1.66. The topological polar surface area (TPSA) is 35.5 Å². The zero-order valence-corrected chi connectivity index (χ0v) is 7.67. The number of carbonyl (C=O) groups is 1. The molecule has 0 aliphatic rings. The minimum atomic E-state index is -1.94. The lowest BCUT2D eigenvalue weighted by Crippen LogP contribution is -2.25. The zero-order chi connectivity index (χ0) is 9.56. The van der Waals surface area contributed by atoms with Crippen LogP contribution in [0.5, 0.6) is 0 Å². The molecule has 2 atom stereocenters. The monoisotopic (exact) mass is 178 g/mol. The van der Waals surface area contributed by atoms with Gasteiger partial charge in [-0.1, -0.05) is 6.92 Å². The van der Waals surface area contributed by atoms with Crippen LogP contribution in [0.15, 0.2) is 0 Å². The standard InChI is InChI=1S/C8H15FO3/c1-4-6(3)12-7(9)8(10)11-5-2/h6-7H,4-5H2,1-3H3. The van der Waals surface area contributed by atoms with Crippen LogP contribution in [0, 0.1) is 0 Å². The van der Waals surface area contributed by atoms with E-state index in [9.17, 15) is 9.18 Å². The van der Waals surface area contributed by atoms with E-state index in [1.807, 2.05) is 6.92 Å². The van der Waals surface area contributed by atoms with E-state index < -0.39 is 12.3 Å². The summed E-state index contributed by atoms with van der Waals surface area (Å²) in [6.45, 7) is 5.34. The molecule has 0 saturated heterocycles. The van der Waals surface area contributed by atoms with Crippen molar-refractivity contribution >= 4 is 5.97 Å². The van der Waals surface area contributed by atoms with Gasteiger partial charge >= 0.3 is 5.97 Å². The summed E-state index contributed by atoms with van der Waals surface area (Å²) < 4.78 is 21.8. The third kappa shape index (κ3) is 4.28. The maximum Gasteiger partial charge on any atom is 0.368 e. The van der Waals surface area contributed by atoms with E-state index in [0.717, 1.165) is 0 Å². The lowest BCUT2D eigenvalue weighted by molar-refractivity contribution is -0.175. The minimum Gasteiger partial charge on any atom is -0.462 e. The summed E-state index contributed by atoms with van der Waals surface area (Å²) in [6.07, 6.45) is -1.54. The van der Waals surface area contributed by atoms with E-state index in [1.165, 1.54) is 0 Å². The van der Waals surface area contributed by atoms with Crippen molar-refractivity contribution in [2.45, 2.75) is 39.7 Å². The molecule has 12 heavy (non-hydrogen) atoms. The summed E-state index contributed by atoms with van der Waals surface area (Å²) >= 11 is 0. The molecule has 0 aromatic heterocycles. The van der Waals surface area contributed by atoms with Gasteiger partial charge in [-0.3, -0.25) is 0 Å². The van der Waals surface area contributed by atoms with Crippen molar-refractivity contribution in [2.24, 2.45) is 0 Å². The van der Waals surface area contributed by atoms with Crippen LogP contribution < -0.4 is 0 Å². The summed E-state index contributed by atoms with van der Waals surface area (Å²) in [5, 5.41) is 0. The van der Waals surface area contributed by atoms with Gasteiger partial charge in [0.1, 0.15) is 0 Å². The van der Waals surface area contributed by atoms with Crippen LogP contribution in [0.2, 0.25) is 0 Å². The van der Waals surface area contributed by atoms with Crippen LogP contribution in [0.1, 0.15) is 27.2 Å². The van der Waals surface area contributed by atoms with Gasteiger partial charge in [-0.05, 0) is 20.3 Å². The fourth-order valence-corrected chi connectivity index (χ4v) is 0.564. The normalized spacial score (nSPS) is 15.3. The molecule has 0 aliphatic heterocycles. The second kappa shape index (κ2) is 5.94. The maximum atomic E-state index is 12.7. The van der Waals surface area contributed by atoms with Crippen LogP contribution in [0.4, 0.5) is 4.39 Å². The molecule has 0 spiro atoms. The molecule has 0 aromatic carbocycles. The molecule has 72 valence electrons. The van der Waals surface area contributed by atoms with Crippen molar-refractivity contribution in [3.63, 3.8) is 0 Å². The number of carbonyl (C=O) groups excluding carboxylic acids is 1. The average molecular weight is 178 g/mol. The Balaban J connectivity index is 3.70. The van der Waals surface area contributed by atoms with E-state index in [-0.39, 0.29) is 12.7 Å². The lowest BCUT2D eigenvalue weighted by Gasteiger charge is -2.13. The molecule has 0 bridgehead atoms.